The normalized spacial score (nSPS) is 12.7. The molecule has 0 bridgehead atoms. The molecule has 1 amide bonds. The van der Waals surface area contributed by atoms with Crippen molar-refractivity contribution in [1.82, 2.24) is 0 Å². The zero-order chi connectivity index (χ0) is 13.8. The number of hydrogen-bond donors (Lipinski definition) is 2. The van der Waals surface area contributed by atoms with Gasteiger partial charge in [-0.05, 0) is 26.8 Å². The number of nitrogens with one attached hydrogen (secondary N) is 1. The third-order valence-electron chi connectivity index (χ3n) is 2.14. The zero-order valence-electron chi connectivity index (χ0n) is 10.9. The summed E-state index contributed by atoms with van der Waals surface area (Å²) < 4.78 is 5.15. The highest BCUT2D eigenvalue weighted by Crippen LogP contribution is 2.23. The number of aliphatic hydroxyl groups is 1. The Morgan fingerprint density at radius 1 is 1.44 bits per heavy atom. The zero-order valence-corrected chi connectivity index (χ0v) is 10.9. The standard InChI is InChI=1S/C14H19NO3/c1-5-12(16)10-8-6-7-9-11(10)15-13(17)18-14(2,3)4/h5-9,12,16H,1H2,2-4H3,(H,15,17). The molecule has 1 unspecified atom stereocenters. The van der Waals surface area contributed by atoms with E-state index in [1.807, 2.05) is 0 Å². The molecule has 0 fully saturated rings. The Morgan fingerprint density at radius 2 is 2.06 bits per heavy atom. The highest BCUT2D eigenvalue weighted by atomic mass is 16.6. The van der Waals surface area contributed by atoms with E-state index in [4.69, 9.17) is 4.74 Å². The number of para-hydroxylation sites is 1. The number of aliphatic hydroxyl groups excluding tert-OH is 1. The predicted molar refractivity (Wildman–Crippen MR) is 71.5 cm³/mol. The average Bonchev–Trinajstić information content (AvgIpc) is 2.26. The van der Waals surface area contributed by atoms with Crippen LogP contribution in [0, 0.1) is 0 Å². The van der Waals surface area contributed by atoms with Crippen molar-refractivity contribution in [2.75, 3.05) is 5.32 Å². The van der Waals surface area contributed by atoms with Crippen molar-refractivity contribution >= 4 is 11.8 Å². The Bertz CT molecular complexity index is 435. The molecule has 0 heterocycles. The van der Waals surface area contributed by atoms with Crippen LogP contribution in [-0.2, 0) is 4.74 Å². The van der Waals surface area contributed by atoms with E-state index < -0.39 is 17.8 Å². The molecule has 0 saturated heterocycles. The van der Waals surface area contributed by atoms with Crippen molar-refractivity contribution in [3.63, 3.8) is 0 Å². The minimum absolute atomic E-state index is 0.513. The number of hydrogen-bond acceptors (Lipinski definition) is 3. The summed E-state index contributed by atoms with van der Waals surface area (Å²) in [5.41, 5.74) is 0.535. The van der Waals surface area contributed by atoms with Gasteiger partial charge in [0.1, 0.15) is 5.60 Å². The maximum absolute atomic E-state index is 11.7. The molecule has 18 heavy (non-hydrogen) atoms. The van der Waals surface area contributed by atoms with Gasteiger partial charge in [-0.1, -0.05) is 24.3 Å². The lowest BCUT2D eigenvalue weighted by Crippen LogP contribution is -2.27. The van der Waals surface area contributed by atoms with E-state index >= 15 is 0 Å². The second-order valence-corrected chi connectivity index (χ2v) is 4.89. The van der Waals surface area contributed by atoms with E-state index in [1.54, 1.807) is 45.0 Å². The van der Waals surface area contributed by atoms with Crippen LogP contribution in [0.5, 0.6) is 0 Å². The highest BCUT2D eigenvalue weighted by Gasteiger charge is 2.18. The van der Waals surface area contributed by atoms with Crippen molar-refractivity contribution in [3.8, 4) is 0 Å². The van der Waals surface area contributed by atoms with Crippen LogP contribution in [0.2, 0.25) is 0 Å². The fourth-order valence-corrected chi connectivity index (χ4v) is 1.41. The first kappa shape index (κ1) is 14.3. The van der Waals surface area contributed by atoms with Gasteiger partial charge < -0.3 is 9.84 Å². The lowest BCUT2D eigenvalue weighted by atomic mass is 10.1. The van der Waals surface area contributed by atoms with E-state index in [2.05, 4.69) is 11.9 Å². The SMILES string of the molecule is C=CC(O)c1ccccc1NC(=O)OC(C)(C)C. The Morgan fingerprint density at radius 3 is 2.61 bits per heavy atom. The van der Waals surface area contributed by atoms with Gasteiger partial charge in [0.2, 0.25) is 0 Å². The predicted octanol–water partition coefficient (Wildman–Crippen LogP) is 3.25. The maximum Gasteiger partial charge on any atom is 0.412 e. The second-order valence-electron chi connectivity index (χ2n) is 4.89. The van der Waals surface area contributed by atoms with Gasteiger partial charge in [-0.2, -0.15) is 0 Å². The number of benzene rings is 1. The summed E-state index contributed by atoms with van der Waals surface area (Å²) in [4.78, 5) is 11.7. The first-order chi connectivity index (χ1) is 8.33. The molecule has 1 atom stereocenters. The summed E-state index contributed by atoms with van der Waals surface area (Å²) in [6.07, 6.45) is 0.0256. The summed E-state index contributed by atoms with van der Waals surface area (Å²) in [7, 11) is 0. The Kier molecular flexibility index (Phi) is 4.50. The molecule has 0 aliphatic heterocycles. The molecule has 98 valence electrons. The molecule has 4 nitrogen and oxygen atoms in total. The molecule has 0 radical (unpaired) electrons. The van der Waals surface area contributed by atoms with E-state index in [0.717, 1.165) is 0 Å². The summed E-state index contributed by atoms with van der Waals surface area (Å²) >= 11 is 0. The summed E-state index contributed by atoms with van der Waals surface area (Å²) in [5.74, 6) is 0. The van der Waals surface area contributed by atoms with Crippen molar-refractivity contribution < 1.29 is 14.6 Å². The summed E-state index contributed by atoms with van der Waals surface area (Å²) in [6.45, 7) is 8.89. The van der Waals surface area contributed by atoms with Crippen molar-refractivity contribution in [2.45, 2.75) is 32.5 Å². The molecule has 0 aromatic heterocycles. The molecule has 1 aromatic carbocycles. The van der Waals surface area contributed by atoms with Gasteiger partial charge in [0.15, 0.2) is 0 Å². The molecule has 0 saturated carbocycles. The van der Waals surface area contributed by atoms with Gasteiger partial charge in [0.25, 0.3) is 0 Å². The fourth-order valence-electron chi connectivity index (χ4n) is 1.41. The number of amides is 1. The molecule has 2 N–H and O–H groups in total. The minimum Gasteiger partial charge on any atom is -0.444 e. The van der Waals surface area contributed by atoms with Gasteiger partial charge in [-0.25, -0.2) is 4.79 Å². The second kappa shape index (κ2) is 5.69. The molecule has 1 aromatic rings. The third kappa shape index (κ3) is 4.22. The van der Waals surface area contributed by atoms with Crippen molar-refractivity contribution in [3.05, 3.63) is 42.5 Å². The van der Waals surface area contributed by atoms with Crippen LogP contribution in [0.4, 0.5) is 10.5 Å². The van der Waals surface area contributed by atoms with Crippen LogP contribution in [0.1, 0.15) is 32.4 Å². The van der Waals surface area contributed by atoms with Gasteiger partial charge in [0.05, 0.1) is 11.8 Å². The molecule has 4 heteroatoms. The van der Waals surface area contributed by atoms with Crippen LogP contribution in [-0.4, -0.2) is 16.8 Å². The Balaban J connectivity index is 2.84. The number of carbonyl (C=O) groups is 1. The minimum atomic E-state index is -0.823. The number of ether oxygens (including phenoxy) is 1. The van der Waals surface area contributed by atoms with Gasteiger partial charge >= 0.3 is 6.09 Å². The van der Waals surface area contributed by atoms with E-state index in [-0.39, 0.29) is 0 Å². The van der Waals surface area contributed by atoms with Crippen molar-refractivity contribution in [2.24, 2.45) is 0 Å². The molecular formula is C14H19NO3. The topological polar surface area (TPSA) is 58.6 Å². The average molecular weight is 249 g/mol. The van der Waals surface area contributed by atoms with E-state index in [1.165, 1.54) is 6.08 Å². The van der Waals surface area contributed by atoms with Gasteiger partial charge in [-0.3, -0.25) is 5.32 Å². The fraction of sp³-hybridized carbons (Fsp3) is 0.357. The lowest BCUT2D eigenvalue weighted by molar-refractivity contribution is 0.0635. The van der Waals surface area contributed by atoms with E-state index in [0.29, 0.717) is 11.3 Å². The van der Waals surface area contributed by atoms with E-state index in [9.17, 15) is 9.90 Å². The summed E-state index contributed by atoms with van der Waals surface area (Å²) in [6, 6.07) is 6.97. The largest absolute Gasteiger partial charge is 0.444 e. The Labute approximate surface area is 107 Å². The Hall–Kier alpha value is -1.81. The van der Waals surface area contributed by atoms with Gasteiger partial charge in [0, 0.05) is 5.56 Å². The maximum atomic E-state index is 11.7. The summed E-state index contributed by atoms with van der Waals surface area (Å²) in [5, 5.41) is 12.4. The van der Waals surface area contributed by atoms with Crippen molar-refractivity contribution in [1.29, 1.82) is 0 Å². The molecule has 0 aliphatic carbocycles. The monoisotopic (exact) mass is 249 g/mol. The van der Waals surface area contributed by atoms with Crippen LogP contribution >= 0.6 is 0 Å². The highest BCUT2D eigenvalue weighted by molar-refractivity contribution is 5.86. The molecule has 0 aliphatic rings. The molecule has 0 spiro atoms. The van der Waals surface area contributed by atoms with Crippen LogP contribution < -0.4 is 5.32 Å². The van der Waals surface area contributed by atoms with Crippen LogP contribution in [0.15, 0.2) is 36.9 Å². The smallest absolute Gasteiger partial charge is 0.412 e. The third-order valence-corrected chi connectivity index (χ3v) is 2.14. The van der Waals surface area contributed by atoms with Crippen LogP contribution in [0.25, 0.3) is 0 Å². The first-order valence-corrected chi connectivity index (χ1v) is 5.73. The first-order valence-electron chi connectivity index (χ1n) is 5.73. The number of anilines is 1. The van der Waals surface area contributed by atoms with Crippen LogP contribution in [0.3, 0.4) is 0 Å². The lowest BCUT2D eigenvalue weighted by Gasteiger charge is -2.20. The van der Waals surface area contributed by atoms with Gasteiger partial charge in [-0.15, -0.1) is 6.58 Å². The number of carbonyl (C=O) groups excluding carboxylic acids is 1. The number of rotatable bonds is 3. The molecular weight excluding hydrogens is 230 g/mol. The quantitative estimate of drug-likeness (QED) is 0.808. The molecule has 1 rings (SSSR count).